The fourth-order valence-electron chi connectivity index (χ4n) is 2.55. The maximum Gasteiger partial charge on any atom is 0.294 e. The Hall–Kier alpha value is -2.59. The van der Waals surface area contributed by atoms with E-state index >= 15 is 0 Å². The molecule has 27 heavy (non-hydrogen) atoms. The minimum Gasteiger partial charge on any atom is -0.507 e. The molecule has 0 aliphatic rings. The zero-order valence-electron chi connectivity index (χ0n) is 14.0. The van der Waals surface area contributed by atoms with Gasteiger partial charge in [-0.25, -0.2) is 0 Å². The van der Waals surface area contributed by atoms with Gasteiger partial charge in [-0.2, -0.15) is 8.42 Å². The van der Waals surface area contributed by atoms with Gasteiger partial charge in [0.25, 0.3) is 10.1 Å². The third kappa shape index (κ3) is 4.22. The van der Waals surface area contributed by atoms with Crippen LogP contribution in [0.3, 0.4) is 0 Å². The van der Waals surface area contributed by atoms with Crippen LogP contribution in [0.1, 0.15) is 5.56 Å². The molecule has 3 aromatic rings. The number of aliphatic imine (C=N–C) groups is 1. The summed E-state index contributed by atoms with van der Waals surface area (Å²) in [6, 6.07) is 12.1. The minimum absolute atomic E-state index is 0.0471. The number of phenolic OH excluding ortho intramolecular Hbond substituents is 2. The van der Waals surface area contributed by atoms with E-state index in [2.05, 4.69) is 4.99 Å². The standard InChI is InChI=1S/C18H15NO6S2/c1-25-26-13-6-12-7-14(27(22,23)24)9-17(21)18(12)15(8-13)19-10-11-4-2-3-5-16(11)20/h2-10,20-21H,1H3,(H,22,23,24). The van der Waals surface area contributed by atoms with Crippen molar-refractivity contribution in [1.82, 2.24) is 0 Å². The summed E-state index contributed by atoms with van der Waals surface area (Å²) in [4.78, 5) is 4.52. The Kier molecular flexibility index (Phi) is 5.38. The predicted octanol–water partition coefficient (Wildman–Crippen LogP) is 3.90. The van der Waals surface area contributed by atoms with Crippen LogP contribution >= 0.6 is 12.0 Å². The molecule has 0 aliphatic heterocycles. The molecular weight excluding hydrogens is 390 g/mol. The molecule has 0 atom stereocenters. The summed E-state index contributed by atoms with van der Waals surface area (Å²) in [5.41, 5.74) is 0.819. The zero-order chi connectivity index (χ0) is 19.6. The van der Waals surface area contributed by atoms with Gasteiger partial charge in [-0.3, -0.25) is 9.55 Å². The Morgan fingerprint density at radius 1 is 1.07 bits per heavy atom. The minimum atomic E-state index is -4.49. The molecule has 0 unspecified atom stereocenters. The summed E-state index contributed by atoms with van der Waals surface area (Å²) in [6.45, 7) is 0. The van der Waals surface area contributed by atoms with Gasteiger partial charge in [-0.05, 0) is 35.7 Å². The monoisotopic (exact) mass is 405 g/mol. The maximum absolute atomic E-state index is 11.4. The fraction of sp³-hybridized carbons (Fsp3) is 0.0556. The predicted molar refractivity (Wildman–Crippen MR) is 104 cm³/mol. The first kappa shape index (κ1) is 19.2. The van der Waals surface area contributed by atoms with Gasteiger partial charge in [0, 0.05) is 40.2 Å². The second-order valence-corrected chi connectivity index (χ2v) is 7.92. The Balaban J connectivity index is 2.22. The highest BCUT2D eigenvalue weighted by atomic mass is 32.2. The first-order valence-electron chi connectivity index (χ1n) is 7.60. The van der Waals surface area contributed by atoms with E-state index in [9.17, 15) is 23.2 Å². The zero-order valence-corrected chi connectivity index (χ0v) is 15.7. The first-order chi connectivity index (χ1) is 12.8. The van der Waals surface area contributed by atoms with Gasteiger partial charge >= 0.3 is 0 Å². The molecule has 140 valence electrons. The van der Waals surface area contributed by atoms with Gasteiger partial charge in [-0.15, -0.1) is 0 Å². The second kappa shape index (κ2) is 7.57. The van der Waals surface area contributed by atoms with Crippen LogP contribution < -0.4 is 0 Å². The summed E-state index contributed by atoms with van der Waals surface area (Å²) < 4.78 is 37.2. The first-order valence-corrected chi connectivity index (χ1v) is 9.79. The lowest BCUT2D eigenvalue weighted by atomic mass is 10.1. The molecule has 9 heteroatoms. The molecule has 0 spiro atoms. The SMILES string of the molecule is COSc1cc(N=Cc2ccccc2O)c2c(O)cc(S(=O)(=O)O)cc2c1. The van der Waals surface area contributed by atoms with Gasteiger partial charge < -0.3 is 14.4 Å². The summed E-state index contributed by atoms with van der Waals surface area (Å²) in [7, 11) is -3.01. The number of fused-ring (bicyclic) bond motifs is 1. The summed E-state index contributed by atoms with van der Waals surface area (Å²) in [6.07, 6.45) is 1.43. The Bertz CT molecular complexity index is 1140. The van der Waals surface area contributed by atoms with Crippen LogP contribution in [0.15, 0.2) is 63.3 Å². The van der Waals surface area contributed by atoms with Gasteiger partial charge in [0.05, 0.1) is 17.7 Å². The van der Waals surface area contributed by atoms with Crippen molar-refractivity contribution in [3.05, 3.63) is 54.1 Å². The molecule has 0 radical (unpaired) electrons. The van der Waals surface area contributed by atoms with Crippen LogP contribution in [-0.4, -0.2) is 36.5 Å². The topological polar surface area (TPSA) is 116 Å². The van der Waals surface area contributed by atoms with Crippen molar-refractivity contribution in [2.75, 3.05) is 7.11 Å². The highest BCUT2D eigenvalue weighted by Crippen LogP contribution is 2.39. The molecule has 3 N–H and O–H groups in total. The lowest BCUT2D eigenvalue weighted by molar-refractivity contribution is 0.471. The van der Waals surface area contributed by atoms with Crippen LogP contribution in [0.4, 0.5) is 5.69 Å². The number of phenols is 2. The largest absolute Gasteiger partial charge is 0.507 e. The highest BCUT2D eigenvalue weighted by Gasteiger charge is 2.16. The molecule has 3 aromatic carbocycles. The third-order valence-electron chi connectivity index (χ3n) is 3.71. The number of hydrogen-bond donors (Lipinski definition) is 3. The Labute approximate surface area is 159 Å². The Morgan fingerprint density at radius 3 is 2.48 bits per heavy atom. The van der Waals surface area contributed by atoms with Crippen molar-refractivity contribution in [1.29, 1.82) is 0 Å². The molecule has 0 fully saturated rings. The van der Waals surface area contributed by atoms with Crippen molar-refractivity contribution in [3.8, 4) is 11.5 Å². The van der Waals surface area contributed by atoms with Gasteiger partial charge in [0.2, 0.25) is 0 Å². The summed E-state index contributed by atoms with van der Waals surface area (Å²) in [5, 5.41) is 20.8. The van der Waals surface area contributed by atoms with E-state index in [1.807, 2.05) is 0 Å². The number of rotatable bonds is 5. The maximum atomic E-state index is 11.4. The number of aromatic hydroxyl groups is 2. The van der Waals surface area contributed by atoms with Crippen molar-refractivity contribution < 1.29 is 27.4 Å². The molecule has 0 heterocycles. The van der Waals surface area contributed by atoms with E-state index in [-0.39, 0.29) is 11.5 Å². The smallest absolute Gasteiger partial charge is 0.294 e. The average molecular weight is 405 g/mol. The van der Waals surface area contributed by atoms with E-state index in [1.54, 1.807) is 30.3 Å². The van der Waals surface area contributed by atoms with Crippen molar-refractivity contribution in [3.63, 3.8) is 0 Å². The Morgan fingerprint density at radius 2 is 1.81 bits per heavy atom. The average Bonchev–Trinajstić information content (AvgIpc) is 2.60. The molecule has 3 rings (SSSR count). The van der Waals surface area contributed by atoms with Crippen molar-refractivity contribution >= 4 is 44.8 Å². The molecule has 0 saturated carbocycles. The van der Waals surface area contributed by atoms with E-state index in [0.29, 0.717) is 26.9 Å². The molecule has 0 aliphatic carbocycles. The second-order valence-electron chi connectivity index (χ2n) is 5.52. The number of hydrogen-bond acceptors (Lipinski definition) is 7. The highest BCUT2D eigenvalue weighted by molar-refractivity contribution is 7.94. The van der Waals surface area contributed by atoms with Gasteiger partial charge in [-0.1, -0.05) is 12.1 Å². The van der Waals surface area contributed by atoms with Gasteiger partial charge in [0.15, 0.2) is 0 Å². The van der Waals surface area contributed by atoms with Crippen molar-refractivity contribution in [2.45, 2.75) is 9.79 Å². The molecule has 0 aromatic heterocycles. The van der Waals surface area contributed by atoms with Crippen LogP contribution in [0.2, 0.25) is 0 Å². The third-order valence-corrected chi connectivity index (χ3v) is 5.14. The lowest BCUT2D eigenvalue weighted by Gasteiger charge is -2.10. The number of nitrogens with zero attached hydrogens (tertiary/aromatic N) is 1. The normalized spacial score (nSPS) is 12.1. The summed E-state index contributed by atoms with van der Waals surface area (Å²) in [5.74, 6) is -0.301. The van der Waals surface area contributed by atoms with Crippen LogP contribution in [0.5, 0.6) is 11.5 Å². The molecular formula is C18H15NO6S2. The van der Waals surface area contributed by atoms with Gasteiger partial charge in [0.1, 0.15) is 11.5 Å². The molecule has 7 nitrogen and oxygen atoms in total. The van der Waals surface area contributed by atoms with E-state index < -0.39 is 15.0 Å². The van der Waals surface area contributed by atoms with E-state index in [1.165, 1.54) is 25.5 Å². The van der Waals surface area contributed by atoms with Crippen molar-refractivity contribution in [2.24, 2.45) is 4.99 Å². The molecule has 0 saturated heterocycles. The summed E-state index contributed by atoms with van der Waals surface area (Å²) >= 11 is 1.03. The van der Waals surface area contributed by atoms with Crippen LogP contribution in [0.25, 0.3) is 10.8 Å². The van der Waals surface area contributed by atoms with Crippen LogP contribution in [0, 0.1) is 0 Å². The number of benzene rings is 3. The quantitative estimate of drug-likeness (QED) is 0.335. The number of para-hydroxylation sites is 1. The molecule has 0 amide bonds. The molecule has 0 bridgehead atoms. The van der Waals surface area contributed by atoms with E-state index in [0.717, 1.165) is 18.1 Å². The lowest BCUT2D eigenvalue weighted by Crippen LogP contribution is -1.98. The van der Waals surface area contributed by atoms with Crippen LogP contribution in [-0.2, 0) is 14.3 Å². The fourth-order valence-corrected chi connectivity index (χ4v) is 3.61. The van der Waals surface area contributed by atoms with E-state index in [4.69, 9.17) is 4.18 Å².